The summed E-state index contributed by atoms with van der Waals surface area (Å²) in [7, 11) is 0. The number of rotatable bonds is 8. The van der Waals surface area contributed by atoms with Crippen molar-refractivity contribution < 1.29 is 9.59 Å². The van der Waals surface area contributed by atoms with Gasteiger partial charge in [0.05, 0.1) is 16.0 Å². The van der Waals surface area contributed by atoms with Crippen LogP contribution in [0.3, 0.4) is 0 Å². The molecule has 0 saturated heterocycles. The molecule has 0 aliphatic rings. The average Bonchev–Trinajstić information content (AvgIpc) is 3.07. The predicted octanol–water partition coefficient (Wildman–Crippen LogP) is 3.58. The fourth-order valence-corrected chi connectivity index (χ4v) is 3.98. The zero-order chi connectivity index (χ0) is 19.1. The largest absolute Gasteiger partial charge is 0.360 e. The molecule has 0 spiro atoms. The molecule has 0 aliphatic heterocycles. The van der Waals surface area contributed by atoms with Crippen molar-refractivity contribution >= 4 is 55.9 Å². The Morgan fingerprint density at radius 1 is 1.07 bits per heavy atom. The highest BCUT2D eigenvalue weighted by atomic mass is 32.2. The quantitative estimate of drug-likeness (QED) is 0.398. The van der Waals surface area contributed by atoms with Crippen LogP contribution in [-0.2, 0) is 9.59 Å². The zero-order valence-corrected chi connectivity index (χ0v) is 16.5. The van der Waals surface area contributed by atoms with Crippen LogP contribution in [0.4, 0.5) is 10.8 Å². The number of para-hydroxylation sites is 1. The van der Waals surface area contributed by atoms with E-state index in [-0.39, 0.29) is 11.8 Å². The van der Waals surface area contributed by atoms with Crippen LogP contribution in [0.2, 0.25) is 0 Å². The normalized spacial score (nSPS) is 10.6. The molecule has 2 aromatic carbocycles. The van der Waals surface area contributed by atoms with Crippen molar-refractivity contribution in [3.63, 3.8) is 0 Å². The Hall–Kier alpha value is -2.58. The van der Waals surface area contributed by atoms with Gasteiger partial charge in [-0.15, -0.1) is 11.8 Å². The Morgan fingerprint density at radius 2 is 1.85 bits per heavy atom. The standard InChI is InChI=1S/C19H20N4O2S2/c1-13(24)22-14-6-8-15(9-7-14)26-12-18(25)20-10-11-21-19-23-16-4-2-3-5-17(16)27-19/h2-9H,10-12H2,1H3,(H,20,25)(H,21,23)(H,22,24). The number of anilines is 2. The molecule has 0 fully saturated rings. The van der Waals surface area contributed by atoms with Gasteiger partial charge in [0, 0.05) is 30.6 Å². The van der Waals surface area contributed by atoms with Gasteiger partial charge in [-0.1, -0.05) is 23.5 Å². The van der Waals surface area contributed by atoms with E-state index in [2.05, 4.69) is 20.9 Å². The van der Waals surface area contributed by atoms with Gasteiger partial charge < -0.3 is 16.0 Å². The molecule has 1 aromatic heterocycles. The first-order chi connectivity index (χ1) is 13.1. The van der Waals surface area contributed by atoms with E-state index < -0.39 is 0 Å². The first-order valence-corrected chi connectivity index (χ1v) is 10.3. The maximum absolute atomic E-state index is 12.0. The molecule has 0 bridgehead atoms. The van der Waals surface area contributed by atoms with Crippen LogP contribution in [-0.4, -0.2) is 35.6 Å². The van der Waals surface area contributed by atoms with E-state index in [1.54, 1.807) is 11.3 Å². The number of nitrogens with zero attached hydrogens (tertiary/aromatic N) is 1. The van der Waals surface area contributed by atoms with Crippen molar-refractivity contribution in [1.29, 1.82) is 0 Å². The number of thioether (sulfide) groups is 1. The number of fused-ring (bicyclic) bond motifs is 1. The van der Waals surface area contributed by atoms with Crippen molar-refractivity contribution in [3.8, 4) is 0 Å². The number of aromatic nitrogens is 1. The van der Waals surface area contributed by atoms with E-state index in [0.717, 1.165) is 25.9 Å². The van der Waals surface area contributed by atoms with Crippen molar-refractivity contribution in [1.82, 2.24) is 10.3 Å². The van der Waals surface area contributed by atoms with Crippen molar-refractivity contribution in [2.24, 2.45) is 0 Å². The third-order valence-corrected chi connectivity index (χ3v) is 5.57. The Bertz CT molecular complexity index is 892. The summed E-state index contributed by atoms with van der Waals surface area (Å²) in [5.41, 5.74) is 1.73. The number of nitrogens with one attached hydrogen (secondary N) is 3. The number of thiazole rings is 1. The number of hydrogen-bond acceptors (Lipinski definition) is 6. The molecular formula is C19H20N4O2S2. The summed E-state index contributed by atoms with van der Waals surface area (Å²) in [5.74, 6) is 0.229. The Labute approximate surface area is 165 Å². The van der Waals surface area contributed by atoms with E-state index in [1.165, 1.54) is 18.7 Å². The second kappa shape index (κ2) is 9.38. The third-order valence-electron chi connectivity index (χ3n) is 3.56. The molecule has 3 rings (SSSR count). The van der Waals surface area contributed by atoms with Crippen molar-refractivity contribution in [2.45, 2.75) is 11.8 Å². The van der Waals surface area contributed by atoms with Crippen LogP contribution >= 0.6 is 23.1 Å². The van der Waals surface area contributed by atoms with Gasteiger partial charge >= 0.3 is 0 Å². The molecule has 3 aromatic rings. The molecule has 0 aliphatic carbocycles. The first-order valence-electron chi connectivity index (χ1n) is 8.47. The topological polar surface area (TPSA) is 83.1 Å². The second-order valence-electron chi connectivity index (χ2n) is 5.76. The molecule has 6 nitrogen and oxygen atoms in total. The molecule has 0 atom stereocenters. The Morgan fingerprint density at radius 3 is 2.59 bits per heavy atom. The van der Waals surface area contributed by atoms with E-state index in [9.17, 15) is 9.59 Å². The first kappa shape index (κ1) is 19.2. The van der Waals surface area contributed by atoms with E-state index in [0.29, 0.717) is 18.8 Å². The number of carbonyl (C=O) groups is 2. The van der Waals surface area contributed by atoms with E-state index in [1.807, 2.05) is 48.5 Å². The van der Waals surface area contributed by atoms with Crippen LogP contribution in [0.5, 0.6) is 0 Å². The summed E-state index contributed by atoms with van der Waals surface area (Å²) in [6.45, 7) is 2.64. The third kappa shape index (κ3) is 5.97. The molecule has 27 heavy (non-hydrogen) atoms. The predicted molar refractivity (Wildman–Crippen MR) is 113 cm³/mol. The zero-order valence-electron chi connectivity index (χ0n) is 14.8. The van der Waals surface area contributed by atoms with Crippen LogP contribution in [0.25, 0.3) is 10.2 Å². The SMILES string of the molecule is CC(=O)Nc1ccc(SCC(=O)NCCNc2nc3ccccc3s2)cc1. The Balaban J connectivity index is 1.35. The summed E-state index contributed by atoms with van der Waals surface area (Å²) in [6.07, 6.45) is 0. The molecule has 0 saturated carbocycles. The van der Waals surface area contributed by atoms with Gasteiger partial charge in [-0.25, -0.2) is 4.98 Å². The summed E-state index contributed by atoms with van der Waals surface area (Å²) < 4.78 is 1.14. The maximum Gasteiger partial charge on any atom is 0.230 e. The van der Waals surface area contributed by atoms with Gasteiger partial charge in [0.2, 0.25) is 11.8 Å². The molecular weight excluding hydrogens is 380 g/mol. The number of benzene rings is 2. The highest BCUT2D eigenvalue weighted by molar-refractivity contribution is 8.00. The maximum atomic E-state index is 12.0. The summed E-state index contributed by atoms with van der Waals surface area (Å²) in [5, 5.41) is 9.70. The monoisotopic (exact) mass is 400 g/mol. The highest BCUT2D eigenvalue weighted by Gasteiger charge is 2.05. The van der Waals surface area contributed by atoms with Crippen LogP contribution in [0.1, 0.15) is 6.92 Å². The minimum absolute atomic E-state index is 0.0166. The second-order valence-corrected chi connectivity index (χ2v) is 7.84. The van der Waals surface area contributed by atoms with Crippen molar-refractivity contribution in [3.05, 3.63) is 48.5 Å². The highest BCUT2D eigenvalue weighted by Crippen LogP contribution is 2.25. The van der Waals surface area contributed by atoms with Gasteiger partial charge in [-0.05, 0) is 36.4 Å². The lowest BCUT2D eigenvalue weighted by Crippen LogP contribution is -2.30. The summed E-state index contributed by atoms with van der Waals surface area (Å²) in [4.78, 5) is 28.4. The lowest BCUT2D eigenvalue weighted by Gasteiger charge is -2.07. The Kier molecular flexibility index (Phi) is 6.67. The van der Waals surface area contributed by atoms with Crippen LogP contribution in [0.15, 0.2) is 53.4 Å². The van der Waals surface area contributed by atoms with Crippen molar-refractivity contribution in [2.75, 3.05) is 29.5 Å². The molecule has 1 heterocycles. The summed E-state index contributed by atoms with van der Waals surface area (Å²) >= 11 is 3.06. The van der Waals surface area contributed by atoms with E-state index in [4.69, 9.17) is 0 Å². The fourth-order valence-electron chi connectivity index (χ4n) is 2.36. The van der Waals surface area contributed by atoms with Gasteiger partial charge in [-0.2, -0.15) is 0 Å². The molecule has 2 amide bonds. The molecule has 8 heteroatoms. The number of carbonyl (C=O) groups excluding carboxylic acids is 2. The van der Waals surface area contributed by atoms with Crippen LogP contribution < -0.4 is 16.0 Å². The van der Waals surface area contributed by atoms with Gasteiger partial charge in [-0.3, -0.25) is 9.59 Å². The number of hydrogen-bond donors (Lipinski definition) is 3. The molecule has 140 valence electrons. The number of amides is 2. The average molecular weight is 401 g/mol. The summed E-state index contributed by atoms with van der Waals surface area (Å²) in [6, 6.07) is 15.4. The molecule has 3 N–H and O–H groups in total. The minimum Gasteiger partial charge on any atom is -0.360 e. The molecule has 0 unspecified atom stereocenters. The lowest BCUT2D eigenvalue weighted by atomic mass is 10.3. The van der Waals surface area contributed by atoms with Gasteiger partial charge in [0.15, 0.2) is 5.13 Å². The van der Waals surface area contributed by atoms with Gasteiger partial charge in [0.25, 0.3) is 0 Å². The van der Waals surface area contributed by atoms with E-state index >= 15 is 0 Å². The minimum atomic E-state index is -0.103. The smallest absolute Gasteiger partial charge is 0.230 e. The lowest BCUT2D eigenvalue weighted by molar-refractivity contribution is -0.118. The fraction of sp³-hybridized carbons (Fsp3) is 0.211. The molecule has 0 radical (unpaired) electrons. The van der Waals surface area contributed by atoms with Gasteiger partial charge in [0.1, 0.15) is 0 Å². The van der Waals surface area contributed by atoms with Crippen LogP contribution in [0, 0.1) is 0 Å².